The minimum Gasteiger partial charge on any atom is -0.360 e. The van der Waals surface area contributed by atoms with Crippen LogP contribution in [0.2, 0.25) is 0 Å². The number of pyridine rings is 1. The molecule has 0 unspecified atom stereocenters. The molecule has 0 saturated carbocycles. The highest BCUT2D eigenvalue weighted by Gasteiger charge is 2.02. The average molecular weight is 193 g/mol. The molecule has 2 heterocycles. The van der Waals surface area contributed by atoms with Crippen molar-refractivity contribution >= 4 is 5.82 Å². The molecule has 2 aromatic heterocycles. The lowest BCUT2D eigenvalue weighted by Crippen LogP contribution is -2.02. The maximum atomic E-state index is 13.0. The monoisotopic (exact) mass is 193 g/mol. The molecular formula is C9H8FN3O. The highest BCUT2D eigenvalue weighted by molar-refractivity contribution is 5.35. The second-order valence-corrected chi connectivity index (χ2v) is 2.67. The first-order valence-corrected chi connectivity index (χ1v) is 4.10. The van der Waals surface area contributed by atoms with Crippen LogP contribution < -0.4 is 5.32 Å². The lowest BCUT2D eigenvalue weighted by molar-refractivity contribution is 0.387. The topological polar surface area (TPSA) is 51.0 Å². The van der Waals surface area contributed by atoms with Gasteiger partial charge < -0.3 is 9.84 Å². The number of nitrogens with one attached hydrogen (secondary N) is 1. The van der Waals surface area contributed by atoms with Crippen molar-refractivity contribution in [3.8, 4) is 0 Å². The second-order valence-electron chi connectivity index (χ2n) is 2.67. The van der Waals surface area contributed by atoms with Gasteiger partial charge >= 0.3 is 0 Å². The lowest BCUT2D eigenvalue weighted by Gasteiger charge is -2.02. The van der Waals surface area contributed by atoms with Crippen molar-refractivity contribution < 1.29 is 8.91 Å². The van der Waals surface area contributed by atoms with Gasteiger partial charge in [0.25, 0.3) is 0 Å². The summed E-state index contributed by atoms with van der Waals surface area (Å²) in [6.45, 7) is 0.369. The minimum atomic E-state index is -0.382. The van der Waals surface area contributed by atoms with Gasteiger partial charge in [0.1, 0.15) is 0 Å². The van der Waals surface area contributed by atoms with Gasteiger partial charge in [-0.25, -0.2) is 9.37 Å². The van der Waals surface area contributed by atoms with Crippen molar-refractivity contribution in [3.05, 3.63) is 42.2 Å². The van der Waals surface area contributed by atoms with Crippen LogP contribution in [0.1, 0.15) is 5.76 Å². The van der Waals surface area contributed by atoms with E-state index in [1.807, 2.05) is 0 Å². The Kier molecular flexibility index (Phi) is 2.40. The summed E-state index contributed by atoms with van der Waals surface area (Å²) in [7, 11) is 0. The Morgan fingerprint density at radius 2 is 2.29 bits per heavy atom. The molecule has 14 heavy (non-hydrogen) atoms. The van der Waals surface area contributed by atoms with Gasteiger partial charge in [0.05, 0.1) is 12.7 Å². The second kappa shape index (κ2) is 3.87. The summed E-state index contributed by atoms with van der Waals surface area (Å²) in [5.74, 6) is 0.464. The van der Waals surface area contributed by atoms with E-state index in [1.165, 1.54) is 24.5 Å². The third-order valence-electron chi connectivity index (χ3n) is 1.68. The van der Waals surface area contributed by atoms with Gasteiger partial charge in [0.2, 0.25) is 0 Å². The Balaban J connectivity index is 2.02. The Labute approximate surface area is 79.8 Å². The molecule has 0 bridgehead atoms. The Hall–Kier alpha value is -1.91. The average Bonchev–Trinajstić information content (AvgIpc) is 2.69. The van der Waals surface area contributed by atoms with Crippen LogP contribution in [-0.4, -0.2) is 10.1 Å². The molecule has 2 rings (SSSR count). The zero-order valence-corrected chi connectivity index (χ0v) is 7.27. The third kappa shape index (κ3) is 1.87. The number of nitrogens with zero attached hydrogens (tertiary/aromatic N) is 2. The largest absolute Gasteiger partial charge is 0.360 e. The number of anilines is 1. The summed E-state index contributed by atoms with van der Waals surface area (Å²) in [6.07, 6.45) is 3.05. The molecule has 0 spiro atoms. The quantitative estimate of drug-likeness (QED) is 0.807. The summed E-state index contributed by atoms with van der Waals surface area (Å²) in [6, 6.07) is 4.58. The molecule has 0 saturated heterocycles. The normalized spacial score (nSPS) is 10.1. The Morgan fingerprint density at radius 1 is 1.36 bits per heavy atom. The first kappa shape index (κ1) is 8.68. The van der Waals surface area contributed by atoms with Gasteiger partial charge in [0.15, 0.2) is 17.4 Å². The molecule has 0 fully saturated rings. The van der Waals surface area contributed by atoms with Crippen molar-refractivity contribution in [1.29, 1.82) is 0 Å². The van der Waals surface area contributed by atoms with Crippen LogP contribution in [0.4, 0.5) is 10.2 Å². The molecule has 0 amide bonds. The molecule has 0 radical (unpaired) electrons. The fraction of sp³-hybridized carbons (Fsp3) is 0.111. The van der Waals surface area contributed by atoms with E-state index in [-0.39, 0.29) is 11.6 Å². The predicted octanol–water partition coefficient (Wildman–Crippen LogP) is 1.82. The molecular weight excluding hydrogens is 185 g/mol. The van der Waals surface area contributed by atoms with Gasteiger partial charge in [-0.15, -0.1) is 0 Å². The predicted molar refractivity (Wildman–Crippen MR) is 48.0 cm³/mol. The molecule has 2 aromatic rings. The first-order valence-electron chi connectivity index (χ1n) is 4.10. The van der Waals surface area contributed by atoms with Crippen LogP contribution in [0.5, 0.6) is 0 Å². The van der Waals surface area contributed by atoms with Crippen LogP contribution >= 0.6 is 0 Å². The van der Waals surface area contributed by atoms with Gasteiger partial charge in [-0.1, -0.05) is 5.16 Å². The first-order chi connectivity index (χ1) is 6.86. The standard InChI is InChI=1S/C9H8FN3O/c10-8-2-1-4-11-9(8)12-6-7-3-5-13-14-7/h1-5H,6H2,(H,11,12). The van der Waals surface area contributed by atoms with E-state index >= 15 is 0 Å². The van der Waals surface area contributed by atoms with E-state index in [2.05, 4.69) is 15.5 Å². The van der Waals surface area contributed by atoms with Crippen LogP contribution in [-0.2, 0) is 6.54 Å². The molecule has 72 valence electrons. The number of hydrogen-bond donors (Lipinski definition) is 1. The summed E-state index contributed by atoms with van der Waals surface area (Å²) in [5.41, 5.74) is 0. The summed E-state index contributed by atoms with van der Waals surface area (Å²) in [5, 5.41) is 6.32. The van der Waals surface area contributed by atoms with E-state index in [9.17, 15) is 4.39 Å². The number of halogens is 1. The van der Waals surface area contributed by atoms with Crippen molar-refractivity contribution in [2.24, 2.45) is 0 Å². The van der Waals surface area contributed by atoms with E-state index in [0.717, 1.165) is 0 Å². The van der Waals surface area contributed by atoms with Gasteiger partial charge in [-0.2, -0.15) is 0 Å². The van der Waals surface area contributed by atoms with Crippen LogP contribution in [0, 0.1) is 5.82 Å². The molecule has 0 aliphatic carbocycles. The summed E-state index contributed by atoms with van der Waals surface area (Å²) >= 11 is 0. The minimum absolute atomic E-state index is 0.212. The van der Waals surface area contributed by atoms with E-state index in [1.54, 1.807) is 6.07 Å². The van der Waals surface area contributed by atoms with Crippen molar-refractivity contribution in [1.82, 2.24) is 10.1 Å². The van der Waals surface area contributed by atoms with E-state index < -0.39 is 0 Å². The van der Waals surface area contributed by atoms with Gasteiger partial charge in [-0.3, -0.25) is 0 Å². The van der Waals surface area contributed by atoms with Crippen molar-refractivity contribution in [3.63, 3.8) is 0 Å². The summed E-state index contributed by atoms with van der Waals surface area (Å²) in [4.78, 5) is 3.83. The highest BCUT2D eigenvalue weighted by atomic mass is 19.1. The zero-order valence-electron chi connectivity index (χ0n) is 7.27. The molecule has 0 aliphatic rings. The zero-order chi connectivity index (χ0) is 9.80. The molecule has 0 aliphatic heterocycles. The molecule has 5 heteroatoms. The van der Waals surface area contributed by atoms with Crippen molar-refractivity contribution in [2.45, 2.75) is 6.54 Å². The van der Waals surface area contributed by atoms with E-state index in [4.69, 9.17) is 4.52 Å². The number of hydrogen-bond acceptors (Lipinski definition) is 4. The van der Waals surface area contributed by atoms with Gasteiger partial charge in [0, 0.05) is 12.3 Å². The Bertz CT molecular complexity index is 402. The van der Waals surface area contributed by atoms with Crippen LogP contribution in [0.25, 0.3) is 0 Å². The highest BCUT2D eigenvalue weighted by Crippen LogP contribution is 2.09. The number of rotatable bonds is 3. The smallest absolute Gasteiger partial charge is 0.165 e. The molecule has 1 N–H and O–H groups in total. The van der Waals surface area contributed by atoms with Crippen LogP contribution in [0.15, 0.2) is 35.1 Å². The Morgan fingerprint density at radius 3 is 3.00 bits per heavy atom. The molecule has 0 aromatic carbocycles. The maximum absolute atomic E-state index is 13.0. The SMILES string of the molecule is Fc1cccnc1NCc1ccno1. The lowest BCUT2D eigenvalue weighted by atomic mass is 10.4. The molecule has 4 nitrogen and oxygen atoms in total. The molecule has 0 atom stereocenters. The number of aromatic nitrogens is 2. The van der Waals surface area contributed by atoms with Crippen LogP contribution in [0.3, 0.4) is 0 Å². The fourth-order valence-electron chi connectivity index (χ4n) is 1.02. The van der Waals surface area contributed by atoms with Crippen molar-refractivity contribution in [2.75, 3.05) is 5.32 Å². The van der Waals surface area contributed by atoms with Gasteiger partial charge in [-0.05, 0) is 12.1 Å². The maximum Gasteiger partial charge on any atom is 0.165 e. The summed E-state index contributed by atoms with van der Waals surface area (Å²) < 4.78 is 17.9. The third-order valence-corrected chi connectivity index (χ3v) is 1.68. The van der Waals surface area contributed by atoms with E-state index in [0.29, 0.717) is 12.3 Å². The fourth-order valence-corrected chi connectivity index (χ4v) is 1.02.